The molecule has 2 N–H and O–H groups in total. The standard InChI is InChI=1S/C11H19N3OS/c1-9-14-11(8-16-9)6-12-3-2-10-7-15-5-4-13-10/h8,10,12-13H,2-7H2,1H3. The summed E-state index contributed by atoms with van der Waals surface area (Å²) >= 11 is 1.71. The SMILES string of the molecule is Cc1nc(CNCCC2COCCN2)cs1. The van der Waals surface area contributed by atoms with Crippen LogP contribution in [0, 0.1) is 6.92 Å². The summed E-state index contributed by atoms with van der Waals surface area (Å²) in [7, 11) is 0. The molecule has 1 aromatic heterocycles. The number of hydrogen-bond acceptors (Lipinski definition) is 5. The van der Waals surface area contributed by atoms with Crippen LogP contribution in [0.5, 0.6) is 0 Å². The maximum Gasteiger partial charge on any atom is 0.0897 e. The van der Waals surface area contributed by atoms with Crippen molar-refractivity contribution in [2.24, 2.45) is 0 Å². The number of thiazole rings is 1. The minimum Gasteiger partial charge on any atom is -0.379 e. The average molecular weight is 241 g/mol. The zero-order chi connectivity index (χ0) is 11.2. The van der Waals surface area contributed by atoms with Gasteiger partial charge in [0.25, 0.3) is 0 Å². The van der Waals surface area contributed by atoms with Gasteiger partial charge in [0.2, 0.25) is 0 Å². The Morgan fingerprint density at radius 2 is 2.62 bits per heavy atom. The number of rotatable bonds is 5. The Bertz CT molecular complexity index is 310. The molecule has 1 fully saturated rings. The predicted molar refractivity (Wildman–Crippen MR) is 65.8 cm³/mol. The fraction of sp³-hybridized carbons (Fsp3) is 0.727. The first-order valence-electron chi connectivity index (χ1n) is 5.77. The predicted octanol–water partition coefficient (Wildman–Crippen LogP) is 0.920. The van der Waals surface area contributed by atoms with Crippen LogP contribution in [-0.4, -0.2) is 37.3 Å². The molecule has 90 valence electrons. The van der Waals surface area contributed by atoms with E-state index in [4.69, 9.17) is 4.74 Å². The molecule has 1 atom stereocenters. The van der Waals surface area contributed by atoms with Gasteiger partial charge in [-0.1, -0.05) is 0 Å². The fourth-order valence-corrected chi connectivity index (χ4v) is 2.40. The third kappa shape index (κ3) is 3.83. The molecule has 0 amide bonds. The smallest absolute Gasteiger partial charge is 0.0897 e. The molecule has 1 unspecified atom stereocenters. The summed E-state index contributed by atoms with van der Waals surface area (Å²) in [5.41, 5.74) is 1.15. The second kappa shape index (κ2) is 6.30. The van der Waals surface area contributed by atoms with Crippen LogP contribution < -0.4 is 10.6 Å². The Morgan fingerprint density at radius 3 is 3.31 bits per heavy atom. The molecule has 2 rings (SSSR count). The van der Waals surface area contributed by atoms with Gasteiger partial charge in [0.15, 0.2) is 0 Å². The summed E-state index contributed by atoms with van der Waals surface area (Å²) < 4.78 is 5.40. The van der Waals surface area contributed by atoms with E-state index in [2.05, 4.69) is 21.0 Å². The molecule has 0 aliphatic carbocycles. The lowest BCUT2D eigenvalue weighted by atomic mass is 10.2. The van der Waals surface area contributed by atoms with Gasteiger partial charge >= 0.3 is 0 Å². The van der Waals surface area contributed by atoms with Crippen LogP contribution in [0.4, 0.5) is 0 Å². The maximum absolute atomic E-state index is 5.40. The van der Waals surface area contributed by atoms with Gasteiger partial charge < -0.3 is 15.4 Å². The van der Waals surface area contributed by atoms with Gasteiger partial charge in [-0.05, 0) is 19.9 Å². The van der Waals surface area contributed by atoms with Crippen molar-refractivity contribution in [1.29, 1.82) is 0 Å². The van der Waals surface area contributed by atoms with E-state index in [1.807, 2.05) is 6.92 Å². The van der Waals surface area contributed by atoms with E-state index in [1.165, 1.54) is 0 Å². The topological polar surface area (TPSA) is 46.2 Å². The van der Waals surface area contributed by atoms with E-state index in [1.54, 1.807) is 11.3 Å². The van der Waals surface area contributed by atoms with Gasteiger partial charge in [0.1, 0.15) is 0 Å². The number of hydrogen-bond donors (Lipinski definition) is 2. The number of nitrogens with zero attached hydrogens (tertiary/aromatic N) is 1. The third-order valence-electron chi connectivity index (χ3n) is 2.64. The summed E-state index contributed by atoms with van der Waals surface area (Å²) in [6.45, 7) is 6.60. The Balaban J connectivity index is 1.57. The van der Waals surface area contributed by atoms with Crippen molar-refractivity contribution in [2.45, 2.75) is 25.9 Å². The lowest BCUT2D eigenvalue weighted by Gasteiger charge is -2.23. The minimum absolute atomic E-state index is 0.512. The van der Waals surface area contributed by atoms with Gasteiger partial charge in [-0.3, -0.25) is 0 Å². The molecule has 0 bridgehead atoms. The zero-order valence-electron chi connectivity index (χ0n) is 9.66. The molecule has 5 heteroatoms. The Kier molecular flexibility index (Phi) is 4.71. The molecule has 0 radical (unpaired) electrons. The van der Waals surface area contributed by atoms with E-state index in [-0.39, 0.29) is 0 Å². The number of aryl methyl sites for hydroxylation is 1. The van der Waals surface area contributed by atoms with Gasteiger partial charge in [-0.25, -0.2) is 4.98 Å². The van der Waals surface area contributed by atoms with Crippen LogP contribution >= 0.6 is 11.3 Å². The Morgan fingerprint density at radius 1 is 1.69 bits per heavy atom. The molecule has 4 nitrogen and oxygen atoms in total. The third-order valence-corrected chi connectivity index (χ3v) is 3.46. The van der Waals surface area contributed by atoms with E-state index in [0.29, 0.717) is 6.04 Å². The molecule has 1 aromatic rings. The number of nitrogens with one attached hydrogen (secondary N) is 2. The molecule has 1 aliphatic rings. The lowest BCUT2D eigenvalue weighted by molar-refractivity contribution is 0.0742. The first kappa shape index (κ1) is 12.0. The van der Waals surface area contributed by atoms with Gasteiger partial charge in [0.05, 0.1) is 23.9 Å². The van der Waals surface area contributed by atoms with Crippen LogP contribution in [0.2, 0.25) is 0 Å². The van der Waals surface area contributed by atoms with Crippen molar-refractivity contribution in [2.75, 3.05) is 26.3 Å². The molecule has 0 saturated carbocycles. The minimum atomic E-state index is 0.512. The van der Waals surface area contributed by atoms with Crippen LogP contribution in [-0.2, 0) is 11.3 Å². The zero-order valence-corrected chi connectivity index (χ0v) is 10.5. The van der Waals surface area contributed by atoms with Crippen molar-refractivity contribution in [3.05, 3.63) is 16.1 Å². The van der Waals surface area contributed by atoms with Crippen molar-refractivity contribution in [1.82, 2.24) is 15.6 Å². The van der Waals surface area contributed by atoms with E-state index < -0.39 is 0 Å². The highest BCUT2D eigenvalue weighted by atomic mass is 32.1. The summed E-state index contributed by atoms with van der Waals surface area (Å²) in [4.78, 5) is 4.41. The first-order valence-corrected chi connectivity index (χ1v) is 6.65. The number of ether oxygens (including phenoxy) is 1. The summed E-state index contributed by atoms with van der Waals surface area (Å²) in [6, 6.07) is 0.512. The Hall–Kier alpha value is -0.490. The van der Waals surface area contributed by atoms with Crippen LogP contribution in [0.25, 0.3) is 0 Å². The highest BCUT2D eigenvalue weighted by Gasteiger charge is 2.11. The Labute approximate surface area is 100 Å². The van der Waals surface area contributed by atoms with E-state index in [9.17, 15) is 0 Å². The molecule has 1 aliphatic heterocycles. The van der Waals surface area contributed by atoms with Gasteiger partial charge in [-0.2, -0.15) is 0 Å². The van der Waals surface area contributed by atoms with Crippen LogP contribution in [0.1, 0.15) is 17.1 Å². The fourth-order valence-electron chi connectivity index (χ4n) is 1.79. The molecular weight excluding hydrogens is 222 g/mol. The number of morpholine rings is 1. The van der Waals surface area contributed by atoms with E-state index >= 15 is 0 Å². The molecule has 0 spiro atoms. The van der Waals surface area contributed by atoms with Crippen molar-refractivity contribution < 1.29 is 4.74 Å². The normalized spacial score (nSPS) is 21.2. The lowest BCUT2D eigenvalue weighted by Crippen LogP contribution is -2.42. The van der Waals surface area contributed by atoms with Crippen molar-refractivity contribution in [3.63, 3.8) is 0 Å². The first-order chi connectivity index (χ1) is 7.84. The number of aromatic nitrogens is 1. The second-order valence-corrected chi connectivity index (χ2v) is 5.11. The largest absolute Gasteiger partial charge is 0.379 e. The molecular formula is C11H19N3OS. The molecule has 2 heterocycles. The monoisotopic (exact) mass is 241 g/mol. The summed E-state index contributed by atoms with van der Waals surface area (Å²) in [5.74, 6) is 0. The second-order valence-electron chi connectivity index (χ2n) is 4.05. The van der Waals surface area contributed by atoms with E-state index in [0.717, 1.165) is 50.0 Å². The van der Waals surface area contributed by atoms with Crippen molar-refractivity contribution >= 4 is 11.3 Å². The highest BCUT2D eigenvalue weighted by molar-refractivity contribution is 7.09. The maximum atomic E-state index is 5.40. The average Bonchev–Trinajstić information content (AvgIpc) is 2.72. The highest BCUT2D eigenvalue weighted by Crippen LogP contribution is 2.07. The van der Waals surface area contributed by atoms with Crippen molar-refractivity contribution in [3.8, 4) is 0 Å². The molecule has 16 heavy (non-hydrogen) atoms. The molecule has 1 saturated heterocycles. The van der Waals surface area contributed by atoms with Gasteiger partial charge in [0, 0.05) is 24.5 Å². The summed E-state index contributed by atoms with van der Waals surface area (Å²) in [6.07, 6.45) is 1.11. The van der Waals surface area contributed by atoms with Crippen LogP contribution in [0.15, 0.2) is 5.38 Å². The molecule has 0 aromatic carbocycles. The summed E-state index contributed by atoms with van der Waals surface area (Å²) in [5, 5.41) is 10.1. The quantitative estimate of drug-likeness (QED) is 0.753. The van der Waals surface area contributed by atoms with Gasteiger partial charge in [-0.15, -0.1) is 11.3 Å². The van der Waals surface area contributed by atoms with Crippen LogP contribution in [0.3, 0.4) is 0 Å².